The second-order valence-electron chi connectivity index (χ2n) is 13.7. The van der Waals surface area contributed by atoms with Gasteiger partial charge in [0, 0.05) is 40.9 Å². The van der Waals surface area contributed by atoms with E-state index in [1.165, 1.54) is 11.3 Å². The van der Waals surface area contributed by atoms with Gasteiger partial charge in [-0.15, -0.1) is 11.3 Å². The molecule has 4 atom stereocenters. The lowest BCUT2D eigenvalue weighted by Crippen LogP contribution is -2.38. The van der Waals surface area contributed by atoms with E-state index in [0.29, 0.717) is 40.2 Å². The molecule has 1 saturated heterocycles. The molecule has 6 heterocycles. The number of nitrogen functional groups attached to an aromatic ring is 1. The number of nitrogens with one attached hydrogen (secondary N) is 1. The quantitative estimate of drug-likeness (QED) is 0.146. The minimum absolute atomic E-state index is 0.141. The van der Waals surface area contributed by atoms with E-state index in [1.807, 2.05) is 25.1 Å². The summed E-state index contributed by atoms with van der Waals surface area (Å²) >= 11 is 1.50. The number of pyridine rings is 1. The number of amides is 1. The fourth-order valence-corrected chi connectivity index (χ4v) is 8.59. The van der Waals surface area contributed by atoms with Gasteiger partial charge in [0.25, 0.3) is 5.91 Å². The van der Waals surface area contributed by atoms with Crippen molar-refractivity contribution in [2.45, 2.75) is 96.2 Å². The van der Waals surface area contributed by atoms with Crippen molar-refractivity contribution in [2.24, 2.45) is 0 Å². The van der Waals surface area contributed by atoms with E-state index in [9.17, 15) is 10.1 Å². The number of aryl methyl sites for hydroxylation is 1. The molecule has 0 saturated carbocycles. The summed E-state index contributed by atoms with van der Waals surface area (Å²) in [4.78, 5) is 30.9. The van der Waals surface area contributed by atoms with Crippen molar-refractivity contribution in [3.63, 3.8) is 0 Å². The number of thiophene rings is 1. The number of likely N-dealkylation sites (N-methyl/N-ethyl adjacent to an activating group) is 1. The second kappa shape index (κ2) is 15.2. The van der Waals surface area contributed by atoms with Gasteiger partial charge in [-0.05, 0) is 96.1 Å². The number of nitrogens with zero attached hydrogens (tertiary/aromatic N) is 8. The number of nitrogens with two attached hydrogens (primary N) is 1. The molecule has 1 aliphatic carbocycles. The Bertz CT molecular complexity index is 2080. The smallest absolute Gasteiger partial charge is 0.272 e. The maximum atomic E-state index is 13.3. The van der Waals surface area contributed by atoms with Crippen LogP contribution in [0.15, 0.2) is 47.2 Å². The van der Waals surface area contributed by atoms with Gasteiger partial charge in [-0.2, -0.15) is 15.3 Å². The minimum atomic E-state index is -0.332. The third kappa shape index (κ3) is 7.03. The van der Waals surface area contributed by atoms with Crippen molar-refractivity contribution in [2.75, 3.05) is 19.3 Å². The Kier molecular flexibility index (Phi) is 10.3. The summed E-state index contributed by atoms with van der Waals surface area (Å²) in [5, 5.41) is 22.8. The monoisotopic (exact) mass is 720 g/mol. The van der Waals surface area contributed by atoms with Crippen LogP contribution >= 0.6 is 11.3 Å². The van der Waals surface area contributed by atoms with Crippen molar-refractivity contribution < 1.29 is 14.1 Å². The van der Waals surface area contributed by atoms with Gasteiger partial charge in [0.15, 0.2) is 23.0 Å². The number of fused-ring (bicyclic) bond motifs is 1. The topological polar surface area (TPSA) is 174 Å². The normalized spacial score (nSPS) is 18.4. The van der Waals surface area contributed by atoms with Crippen LogP contribution in [0.3, 0.4) is 0 Å². The highest BCUT2D eigenvalue weighted by molar-refractivity contribution is 7.16. The zero-order chi connectivity index (χ0) is 36.4. The van der Waals surface area contributed by atoms with Crippen molar-refractivity contribution in [1.29, 1.82) is 5.26 Å². The van der Waals surface area contributed by atoms with E-state index in [1.54, 1.807) is 29.2 Å². The summed E-state index contributed by atoms with van der Waals surface area (Å²) < 4.78 is 14.3. The number of carbonyl (C=O) groups excluding carboxylic acids is 1. The molecule has 52 heavy (non-hydrogen) atoms. The van der Waals surface area contributed by atoms with Gasteiger partial charge in [-0.1, -0.05) is 24.6 Å². The maximum absolute atomic E-state index is 13.3. The van der Waals surface area contributed by atoms with Crippen LogP contribution in [-0.4, -0.2) is 66.4 Å². The van der Waals surface area contributed by atoms with Gasteiger partial charge >= 0.3 is 0 Å². The molecule has 270 valence electrons. The molecule has 2 aliphatic rings. The summed E-state index contributed by atoms with van der Waals surface area (Å²) in [5.74, 6) is 1.40. The first-order valence-electron chi connectivity index (χ1n) is 18.1. The molecule has 7 rings (SSSR count). The van der Waals surface area contributed by atoms with Crippen molar-refractivity contribution >= 4 is 22.2 Å². The Balaban J connectivity index is 1.27. The number of unbranched alkanes of at least 4 members (excludes halogenated alkanes) is 1. The first-order valence-corrected chi connectivity index (χ1v) is 18.9. The van der Waals surface area contributed by atoms with Crippen LogP contribution in [0.25, 0.3) is 17.3 Å². The fraction of sp³-hybridized carbons (Fsp3) is 0.447. The number of likely N-dealkylation sites (tertiary alicyclic amines) is 1. The van der Waals surface area contributed by atoms with Crippen LogP contribution in [0.5, 0.6) is 5.88 Å². The largest absolute Gasteiger partial charge is 0.473 e. The molecule has 5 aromatic heterocycles. The minimum Gasteiger partial charge on any atom is -0.473 e. The number of hydrogen-bond donors (Lipinski definition) is 2. The molecule has 0 unspecified atom stereocenters. The molecule has 14 heteroatoms. The van der Waals surface area contributed by atoms with Crippen molar-refractivity contribution in [1.82, 2.24) is 40.1 Å². The number of aromatic nitrogens is 6. The molecule has 13 nitrogen and oxygen atoms in total. The molecule has 0 radical (unpaired) electrons. The highest BCUT2D eigenvalue weighted by Gasteiger charge is 2.35. The first-order chi connectivity index (χ1) is 25.2. The Morgan fingerprint density at radius 2 is 2.10 bits per heavy atom. The van der Waals surface area contributed by atoms with Gasteiger partial charge in [0.05, 0.1) is 17.3 Å². The number of ether oxygens (including phenoxy) is 1. The van der Waals surface area contributed by atoms with Crippen LogP contribution < -0.4 is 15.8 Å². The Morgan fingerprint density at radius 1 is 1.23 bits per heavy atom. The van der Waals surface area contributed by atoms with E-state index < -0.39 is 0 Å². The summed E-state index contributed by atoms with van der Waals surface area (Å²) in [6.45, 7) is 7.11. The zero-order valence-corrected chi connectivity index (χ0v) is 30.8. The maximum Gasteiger partial charge on any atom is 0.272 e. The van der Waals surface area contributed by atoms with Crippen molar-refractivity contribution in [3.05, 3.63) is 81.4 Å². The molecule has 1 amide bonds. The molecule has 1 aliphatic heterocycles. The second-order valence-corrected chi connectivity index (χ2v) is 14.8. The number of hydrogen-bond acceptors (Lipinski definition) is 12. The molecular weight excluding hydrogens is 677 g/mol. The van der Waals surface area contributed by atoms with Gasteiger partial charge < -0.3 is 20.3 Å². The lowest BCUT2D eigenvalue weighted by Gasteiger charge is -2.26. The van der Waals surface area contributed by atoms with Gasteiger partial charge in [-0.25, -0.2) is 9.67 Å². The van der Waals surface area contributed by atoms with E-state index in [4.69, 9.17) is 25.0 Å². The Labute approximate surface area is 307 Å². The summed E-state index contributed by atoms with van der Waals surface area (Å²) in [6, 6.07) is 11.3. The highest BCUT2D eigenvalue weighted by Crippen LogP contribution is 2.47. The predicted molar refractivity (Wildman–Crippen MR) is 197 cm³/mol. The molecular formula is C38H44N10O3S. The molecule has 3 N–H and O–H groups in total. The average molecular weight is 721 g/mol. The van der Waals surface area contributed by atoms with Crippen LogP contribution in [-0.2, 0) is 12.8 Å². The van der Waals surface area contributed by atoms with Crippen LogP contribution in [0, 0.1) is 11.3 Å². The SMILES string of the molecule is CCCCc1c(-c2nc(O[C@@H](C)[C@@H]3CCCN3C)cc(-n3ccc(C(=O)N[C@@H](C)c4ccccn4)n3)n2)noc1[C@H]1CCCc2sc(N)c(C#N)c21. The van der Waals surface area contributed by atoms with Crippen LogP contribution in [0.2, 0.25) is 0 Å². The lowest BCUT2D eigenvalue weighted by atomic mass is 9.81. The molecule has 0 spiro atoms. The fourth-order valence-electron chi connectivity index (χ4n) is 7.46. The Morgan fingerprint density at radius 3 is 2.85 bits per heavy atom. The van der Waals surface area contributed by atoms with Crippen LogP contribution in [0.1, 0.15) is 115 Å². The number of rotatable bonds is 12. The molecule has 1 fully saturated rings. The van der Waals surface area contributed by atoms with Gasteiger partial charge in [0.1, 0.15) is 22.9 Å². The summed E-state index contributed by atoms with van der Waals surface area (Å²) in [7, 11) is 2.12. The first kappa shape index (κ1) is 35.3. The average Bonchev–Trinajstić information content (AvgIpc) is 3.96. The molecule has 5 aromatic rings. The number of carbonyl (C=O) groups is 1. The summed E-state index contributed by atoms with van der Waals surface area (Å²) in [6.07, 6.45) is 10.6. The van der Waals surface area contributed by atoms with Gasteiger partial charge in [0.2, 0.25) is 5.88 Å². The number of nitriles is 1. The summed E-state index contributed by atoms with van der Waals surface area (Å²) in [5.41, 5.74) is 10.3. The third-order valence-corrected chi connectivity index (χ3v) is 11.3. The zero-order valence-electron chi connectivity index (χ0n) is 30.0. The Hall–Kier alpha value is -5.13. The predicted octanol–water partition coefficient (Wildman–Crippen LogP) is 6.39. The van der Waals surface area contributed by atoms with Crippen LogP contribution in [0.4, 0.5) is 5.00 Å². The van der Waals surface area contributed by atoms with Gasteiger partial charge in [-0.3, -0.25) is 14.7 Å². The van der Waals surface area contributed by atoms with E-state index >= 15 is 0 Å². The lowest BCUT2D eigenvalue weighted by molar-refractivity contribution is 0.0933. The third-order valence-electron chi connectivity index (χ3n) is 10.2. The van der Waals surface area contributed by atoms with E-state index in [2.05, 4.69) is 52.4 Å². The highest BCUT2D eigenvalue weighted by atomic mass is 32.1. The standard InChI is InChI=1S/C38H44N10O3S/c1-5-6-11-25-34(46-51-35(25)24-12-9-15-30-33(24)26(21-39)36(40)52-30)37-43-31(20-32(44-37)50-23(3)29-14-10-18-47(29)4)48-19-16-28(45-48)38(49)42-22(2)27-13-7-8-17-41-27/h7-8,13,16-17,19-20,22-24,29H,5-6,9-12,14-15,18,40H2,1-4H3,(H,42,49)/t22-,23-,24-,29-/m0/s1. The number of anilines is 1. The molecule has 0 aromatic carbocycles. The van der Waals surface area contributed by atoms with E-state index in [0.717, 1.165) is 78.9 Å². The van der Waals surface area contributed by atoms with Crippen molar-refractivity contribution in [3.8, 4) is 29.3 Å². The van der Waals surface area contributed by atoms with E-state index in [-0.39, 0.29) is 35.7 Å². The molecule has 0 bridgehead atoms.